The first kappa shape index (κ1) is 12.4. The van der Waals surface area contributed by atoms with E-state index >= 15 is 0 Å². The first-order chi connectivity index (χ1) is 7.52. The lowest BCUT2D eigenvalue weighted by atomic mass is 10.2. The lowest BCUT2D eigenvalue weighted by molar-refractivity contribution is 0.0787. The number of hydrogen-bond donors (Lipinski definition) is 1. The quantitative estimate of drug-likeness (QED) is 0.795. The molecule has 2 N–H and O–H groups in total. The Kier molecular flexibility index (Phi) is 4.25. The molecule has 5 heteroatoms. The molecule has 1 aromatic heterocycles. The zero-order chi connectivity index (χ0) is 12.1. The number of aromatic nitrogens is 1. The summed E-state index contributed by atoms with van der Waals surface area (Å²) in [7, 11) is 5.71. The highest BCUT2D eigenvalue weighted by Crippen LogP contribution is 2.10. The van der Waals surface area contributed by atoms with E-state index in [0.29, 0.717) is 17.8 Å². The van der Waals surface area contributed by atoms with Gasteiger partial charge in [0.2, 0.25) is 0 Å². The van der Waals surface area contributed by atoms with Gasteiger partial charge in [-0.1, -0.05) is 0 Å². The van der Waals surface area contributed by atoms with Crippen molar-refractivity contribution in [2.24, 2.45) is 0 Å². The van der Waals surface area contributed by atoms with Gasteiger partial charge in [0.1, 0.15) is 0 Å². The molecule has 0 bridgehead atoms. The van der Waals surface area contributed by atoms with Crippen LogP contribution in [0.1, 0.15) is 10.4 Å². The standard InChI is InChI=1S/C11H18N4O/c1-14(2)6-7-15(3)11(16)9-4-5-13-8-10(9)12/h4-5,8H,6-7,12H2,1-3H3. The molecule has 0 aliphatic rings. The summed E-state index contributed by atoms with van der Waals surface area (Å²) in [6.45, 7) is 1.50. The van der Waals surface area contributed by atoms with E-state index in [4.69, 9.17) is 5.73 Å². The normalized spacial score (nSPS) is 10.5. The van der Waals surface area contributed by atoms with Gasteiger partial charge in [-0.05, 0) is 20.2 Å². The number of nitrogens with two attached hydrogens (primary N) is 1. The van der Waals surface area contributed by atoms with Gasteiger partial charge in [0, 0.05) is 26.3 Å². The molecule has 0 saturated heterocycles. The topological polar surface area (TPSA) is 62.5 Å². The minimum atomic E-state index is -0.0678. The number of carbonyl (C=O) groups excluding carboxylic acids is 1. The fraction of sp³-hybridized carbons (Fsp3) is 0.455. The van der Waals surface area contributed by atoms with E-state index in [-0.39, 0.29) is 5.91 Å². The Bertz CT molecular complexity index is 365. The van der Waals surface area contributed by atoms with Gasteiger partial charge in [-0.3, -0.25) is 9.78 Å². The summed E-state index contributed by atoms with van der Waals surface area (Å²) in [6.07, 6.45) is 3.07. The molecule has 0 aliphatic carbocycles. The highest BCUT2D eigenvalue weighted by Gasteiger charge is 2.14. The summed E-state index contributed by atoms with van der Waals surface area (Å²) in [4.78, 5) is 19.5. The molecule has 1 heterocycles. The Balaban J connectivity index is 2.67. The van der Waals surface area contributed by atoms with Crippen molar-refractivity contribution in [3.63, 3.8) is 0 Å². The van der Waals surface area contributed by atoms with E-state index in [1.54, 1.807) is 24.2 Å². The van der Waals surface area contributed by atoms with Crippen molar-refractivity contribution in [3.8, 4) is 0 Å². The van der Waals surface area contributed by atoms with Crippen LogP contribution in [0.2, 0.25) is 0 Å². The largest absolute Gasteiger partial charge is 0.397 e. The number of nitrogen functional groups attached to an aromatic ring is 1. The van der Waals surface area contributed by atoms with E-state index < -0.39 is 0 Å². The number of carbonyl (C=O) groups is 1. The van der Waals surface area contributed by atoms with Crippen LogP contribution in [0, 0.1) is 0 Å². The molecule has 0 fully saturated rings. The second-order valence-corrected chi connectivity index (χ2v) is 3.99. The maximum Gasteiger partial charge on any atom is 0.255 e. The van der Waals surface area contributed by atoms with E-state index in [2.05, 4.69) is 4.98 Å². The van der Waals surface area contributed by atoms with Gasteiger partial charge >= 0.3 is 0 Å². The molecule has 16 heavy (non-hydrogen) atoms. The van der Waals surface area contributed by atoms with Crippen LogP contribution >= 0.6 is 0 Å². The minimum absolute atomic E-state index is 0.0678. The van der Waals surface area contributed by atoms with Crippen LogP contribution in [0.5, 0.6) is 0 Å². The Hall–Kier alpha value is -1.62. The highest BCUT2D eigenvalue weighted by atomic mass is 16.2. The lowest BCUT2D eigenvalue weighted by Gasteiger charge is -2.20. The van der Waals surface area contributed by atoms with E-state index in [1.165, 1.54) is 6.20 Å². The van der Waals surface area contributed by atoms with Gasteiger partial charge in [-0.15, -0.1) is 0 Å². The maximum atomic E-state index is 12.0. The van der Waals surface area contributed by atoms with Gasteiger partial charge in [0.25, 0.3) is 5.91 Å². The first-order valence-corrected chi connectivity index (χ1v) is 5.12. The van der Waals surface area contributed by atoms with Crippen molar-refractivity contribution in [2.45, 2.75) is 0 Å². The van der Waals surface area contributed by atoms with Crippen molar-refractivity contribution in [3.05, 3.63) is 24.0 Å². The molecule has 0 spiro atoms. The molecule has 0 radical (unpaired) electrons. The Morgan fingerprint density at radius 3 is 2.62 bits per heavy atom. The maximum absolute atomic E-state index is 12.0. The third-order valence-corrected chi connectivity index (χ3v) is 2.31. The molecular formula is C11H18N4O. The Labute approximate surface area is 95.9 Å². The molecular weight excluding hydrogens is 204 g/mol. The van der Waals surface area contributed by atoms with Crippen molar-refractivity contribution < 1.29 is 4.79 Å². The number of nitrogens with zero attached hydrogens (tertiary/aromatic N) is 3. The fourth-order valence-corrected chi connectivity index (χ4v) is 1.26. The number of rotatable bonds is 4. The van der Waals surface area contributed by atoms with Gasteiger partial charge < -0.3 is 15.5 Å². The smallest absolute Gasteiger partial charge is 0.255 e. The van der Waals surface area contributed by atoms with Gasteiger partial charge in [-0.2, -0.15) is 0 Å². The molecule has 5 nitrogen and oxygen atoms in total. The van der Waals surface area contributed by atoms with Crippen LogP contribution in [0.15, 0.2) is 18.5 Å². The second kappa shape index (κ2) is 5.46. The summed E-state index contributed by atoms with van der Waals surface area (Å²) < 4.78 is 0. The highest BCUT2D eigenvalue weighted by molar-refractivity contribution is 5.98. The lowest BCUT2D eigenvalue weighted by Crippen LogP contribution is -2.33. The number of hydrogen-bond acceptors (Lipinski definition) is 4. The summed E-state index contributed by atoms with van der Waals surface area (Å²) in [5.41, 5.74) is 6.63. The van der Waals surface area contributed by atoms with E-state index in [1.807, 2.05) is 19.0 Å². The van der Waals surface area contributed by atoms with Crippen LogP contribution in [-0.2, 0) is 0 Å². The van der Waals surface area contributed by atoms with Crippen molar-refractivity contribution >= 4 is 11.6 Å². The average Bonchev–Trinajstić information content (AvgIpc) is 2.25. The third kappa shape index (κ3) is 3.20. The molecule has 1 rings (SSSR count). The average molecular weight is 222 g/mol. The zero-order valence-corrected chi connectivity index (χ0v) is 9.97. The number of pyridine rings is 1. The van der Waals surface area contributed by atoms with Crippen LogP contribution < -0.4 is 5.73 Å². The van der Waals surface area contributed by atoms with Crippen molar-refractivity contribution in [2.75, 3.05) is 40.0 Å². The van der Waals surface area contributed by atoms with Gasteiger partial charge in [-0.25, -0.2) is 0 Å². The summed E-state index contributed by atoms with van der Waals surface area (Å²) >= 11 is 0. The molecule has 1 amide bonds. The molecule has 0 unspecified atom stereocenters. The molecule has 0 atom stereocenters. The van der Waals surface area contributed by atoms with Crippen LogP contribution in [-0.4, -0.2) is 54.9 Å². The van der Waals surface area contributed by atoms with Gasteiger partial charge in [0.05, 0.1) is 17.4 Å². The summed E-state index contributed by atoms with van der Waals surface area (Å²) in [6, 6.07) is 1.64. The second-order valence-electron chi connectivity index (χ2n) is 3.99. The molecule has 0 aromatic carbocycles. The first-order valence-electron chi connectivity index (χ1n) is 5.12. The van der Waals surface area contributed by atoms with Gasteiger partial charge in [0.15, 0.2) is 0 Å². The molecule has 0 saturated carbocycles. The van der Waals surface area contributed by atoms with Crippen LogP contribution in [0.3, 0.4) is 0 Å². The Morgan fingerprint density at radius 2 is 2.06 bits per heavy atom. The number of likely N-dealkylation sites (N-methyl/N-ethyl adjacent to an activating group) is 2. The molecule has 1 aromatic rings. The van der Waals surface area contributed by atoms with E-state index in [9.17, 15) is 4.79 Å². The molecule has 88 valence electrons. The van der Waals surface area contributed by atoms with Crippen molar-refractivity contribution in [1.29, 1.82) is 0 Å². The summed E-state index contributed by atoms with van der Waals surface area (Å²) in [5.74, 6) is -0.0678. The van der Waals surface area contributed by atoms with Crippen molar-refractivity contribution in [1.82, 2.24) is 14.8 Å². The monoisotopic (exact) mass is 222 g/mol. The SMILES string of the molecule is CN(C)CCN(C)C(=O)c1ccncc1N. The third-order valence-electron chi connectivity index (χ3n) is 2.31. The Morgan fingerprint density at radius 1 is 1.38 bits per heavy atom. The van der Waals surface area contributed by atoms with Crippen LogP contribution in [0.25, 0.3) is 0 Å². The number of anilines is 1. The fourth-order valence-electron chi connectivity index (χ4n) is 1.26. The predicted molar refractivity (Wildman–Crippen MR) is 64.2 cm³/mol. The zero-order valence-electron chi connectivity index (χ0n) is 9.97. The minimum Gasteiger partial charge on any atom is -0.397 e. The van der Waals surface area contributed by atoms with Crippen LogP contribution in [0.4, 0.5) is 5.69 Å². The van der Waals surface area contributed by atoms with E-state index in [0.717, 1.165) is 6.54 Å². The number of amides is 1. The predicted octanol–water partition coefficient (Wildman–Crippen LogP) is 0.297. The summed E-state index contributed by atoms with van der Waals surface area (Å²) in [5, 5.41) is 0. The molecule has 0 aliphatic heterocycles.